The fourth-order valence-electron chi connectivity index (χ4n) is 3.79. The van der Waals surface area contributed by atoms with Crippen LogP contribution in [0.2, 0.25) is 0 Å². The SMILES string of the molecule is C[C@@H](N[C@H]1CCCC[C@@H]1C)C(=O)Nc1ccc(N2CCOCC2)cc1. The molecule has 1 saturated heterocycles. The summed E-state index contributed by atoms with van der Waals surface area (Å²) in [6.45, 7) is 7.64. The molecular formula is C20H31N3O2. The molecule has 0 radical (unpaired) electrons. The van der Waals surface area contributed by atoms with Crippen LogP contribution in [0, 0.1) is 5.92 Å². The van der Waals surface area contributed by atoms with Gasteiger partial charge in [0, 0.05) is 30.5 Å². The van der Waals surface area contributed by atoms with Gasteiger partial charge in [0.05, 0.1) is 19.3 Å². The second-order valence-corrected chi connectivity index (χ2v) is 7.39. The first-order valence-electron chi connectivity index (χ1n) is 9.63. The van der Waals surface area contributed by atoms with E-state index in [1.54, 1.807) is 0 Å². The Morgan fingerprint density at radius 1 is 1.16 bits per heavy atom. The van der Waals surface area contributed by atoms with Gasteiger partial charge in [-0.15, -0.1) is 0 Å². The molecule has 0 bridgehead atoms. The van der Waals surface area contributed by atoms with Gasteiger partial charge in [-0.25, -0.2) is 0 Å². The summed E-state index contributed by atoms with van der Waals surface area (Å²) in [4.78, 5) is 14.8. The maximum Gasteiger partial charge on any atom is 0.241 e. The van der Waals surface area contributed by atoms with Gasteiger partial charge in [0.1, 0.15) is 0 Å². The quantitative estimate of drug-likeness (QED) is 0.861. The van der Waals surface area contributed by atoms with E-state index >= 15 is 0 Å². The lowest BCUT2D eigenvalue weighted by atomic mass is 9.85. The predicted molar refractivity (Wildman–Crippen MR) is 102 cm³/mol. The van der Waals surface area contributed by atoms with E-state index in [1.807, 2.05) is 19.1 Å². The van der Waals surface area contributed by atoms with Crippen molar-refractivity contribution in [2.45, 2.75) is 51.6 Å². The molecule has 1 heterocycles. The van der Waals surface area contributed by atoms with Crippen molar-refractivity contribution in [1.29, 1.82) is 0 Å². The average Bonchev–Trinajstić information content (AvgIpc) is 2.65. The lowest BCUT2D eigenvalue weighted by molar-refractivity contribution is -0.118. The number of amides is 1. The fraction of sp³-hybridized carbons (Fsp3) is 0.650. The zero-order valence-electron chi connectivity index (χ0n) is 15.5. The third kappa shape index (κ3) is 4.95. The number of carbonyl (C=O) groups excluding carboxylic acids is 1. The molecule has 1 aromatic rings. The van der Waals surface area contributed by atoms with E-state index in [-0.39, 0.29) is 11.9 Å². The van der Waals surface area contributed by atoms with Gasteiger partial charge in [-0.2, -0.15) is 0 Å². The van der Waals surface area contributed by atoms with Crippen LogP contribution in [0.15, 0.2) is 24.3 Å². The molecule has 25 heavy (non-hydrogen) atoms. The van der Waals surface area contributed by atoms with Crippen LogP contribution in [0.3, 0.4) is 0 Å². The molecule has 2 fully saturated rings. The molecule has 5 heteroatoms. The van der Waals surface area contributed by atoms with Crippen LogP contribution in [0.5, 0.6) is 0 Å². The highest BCUT2D eigenvalue weighted by Crippen LogP contribution is 2.24. The van der Waals surface area contributed by atoms with E-state index in [2.05, 4.69) is 34.6 Å². The summed E-state index contributed by atoms with van der Waals surface area (Å²) in [7, 11) is 0. The van der Waals surface area contributed by atoms with E-state index in [4.69, 9.17) is 4.74 Å². The molecule has 1 aliphatic heterocycles. The number of morpholine rings is 1. The van der Waals surface area contributed by atoms with Crippen LogP contribution < -0.4 is 15.5 Å². The molecule has 1 saturated carbocycles. The number of rotatable bonds is 5. The highest BCUT2D eigenvalue weighted by Gasteiger charge is 2.24. The molecule has 0 aromatic heterocycles. The van der Waals surface area contributed by atoms with Gasteiger partial charge in [-0.1, -0.05) is 19.8 Å². The van der Waals surface area contributed by atoms with Crippen molar-refractivity contribution in [3.63, 3.8) is 0 Å². The Balaban J connectivity index is 1.51. The average molecular weight is 345 g/mol. The largest absolute Gasteiger partial charge is 0.378 e. The van der Waals surface area contributed by atoms with Crippen molar-refractivity contribution in [3.8, 4) is 0 Å². The van der Waals surface area contributed by atoms with Crippen LogP contribution >= 0.6 is 0 Å². The van der Waals surface area contributed by atoms with Gasteiger partial charge >= 0.3 is 0 Å². The molecule has 138 valence electrons. The van der Waals surface area contributed by atoms with Crippen molar-refractivity contribution < 1.29 is 9.53 Å². The van der Waals surface area contributed by atoms with E-state index in [0.717, 1.165) is 32.0 Å². The van der Waals surface area contributed by atoms with Crippen molar-refractivity contribution in [2.75, 3.05) is 36.5 Å². The second-order valence-electron chi connectivity index (χ2n) is 7.39. The van der Waals surface area contributed by atoms with E-state index in [0.29, 0.717) is 12.0 Å². The van der Waals surface area contributed by atoms with Gasteiger partial charge in [-0.3, -0.25) is 4.79 Å². The first-order valence-corrected chi connectivity index (χ1v) is 9.63. The number of anilines is 2. The summed E-state index contributed by atoms with van der Waals surface area (Å²) in [5, 5.41) is 6.55. The Labute approximate surface area is 151 Å². The predicted octanol–water partition coefficient (Wildman–Crippen LogP) is 3.02. The van der Waals surface area contributed by atoms with E-state index in [9.17, 15) is 4.79 Å². The summed E-state index contributed by atoms with van der Waals surface area (Å²) in [5.41, 5.74) is 2.04. The van der Waals surface area contributed by atoms with Crippen LogP contribution in [0.25, 0.3) is 0 Å². The Kier molecular flexibility index (Phi) is 6.32. The zero-order chi connectivity index (χ0) is 17.6. The number of nitrogens with one attached hydrogen (secondary N) is 2. The molecular weight excluding hydrogens is 314 g/mol. The molecule has 0 unspecified atom stereocenters. The molecule has 1 amide bonds. The Hall–Kier alpha value is -1.59. The van der Waals surface area contributed by atoms with E-state index < -0.39 is 0 Å². The van der Waals surface area contributed by atoms with Gasteiger partial charge < -0.3 is 20.3 Å². The maximum absolute atomic E-state index is 12.5. The highest BCUT2D eigenvalue weighted by atomic mass is 16.5. The molecule has 5 nitrogen and oxygen atoms in total. The number of ether oxygens (including phenoxy) is 1. The van der Waals surface area contributed by atoms with Crippen molar-refractivity contribution in [2.24, 2.45) is 5.92 Å². The summed E-state index contributed by atoms with van der Waals surface area (Å²) in [6.07, 6.45) is 5.01. The number of hydrogen-bond acceptors (Lipinski definition) is 4. The number of hydrogen-bond donors (Lipinski definition) is 2. The first-order chi connectivity index (χ1) is 12.1. The fourth-order valence-corrected chi connectivity index (χ4v) is 3.79. The monoisotopic (exact) mass is 345 g/mol. The minimum absolute atomic E-state index is 0.0388. The number of carbonyl (C=O) groups is 1. The molecule has 1 aromatic carbocycles. The molecule has 3 rings (SSSR count). The van der Waals surface area contributed by atoms with Crippen LogP contribution in [0.4, 0.5) is 11.4 Å². The number of nitrogens with zero attached hydrogens (tertiary/aromatic N) is 1. The summed E-state index contributed by atoms with van der Waals surface area (Å²) in [5.74, 6) is 0.689. The normalized spacial score (nSPS) is 25.4. The van der Waals surface area contributed by atoms with Crippen molar-refractivity contribution >= 4 is 17.3 Å². The molecule has 0 spiro atoms. The topological polar surface area (TPSA) is 53.6 Å². The summed E-state index contributed by atoms with van der Waals surface area (Å²) >= 11 is 0. The molecule has 2 aliphatic rings. The first kappa shape index (κ1) is 18.2. The van der Waals surface area contributed by atoms with Crippen molar-refractivity contribution in [3.05, 3.63) is 24.3 Å². The van der Waals surface area contributed by atoms with Gasteiger partial charge in [0.15, 0.2) is 0 Å². The Bertz CT molecular complexity index is 555. The van der Waals surface area contributed by atoms with Gasteiger partial charge in [0.2, 0.25) is 5.91 Å². The molecule has 1 aliphatic carbocycles. The Morgan fingerprint density at radius 2 is 1.84 bits per heavy atom. The lowest BCUT2D eigenvalue weighted by Gasteiger charge is -2.31. The summed E-state index contributed by atoms with van der Waals surface area (Å²) < 4.78 is 5.39. The molecule has 3 atom stereocenters. The van der Waals surface area contributed by atoms with Gasteiger partial charge in [0.25, 0.3) is 0 Å². The standard InChI is InChI=1S/C20H31N3O2/c1-15-5-3-4-6-19(15)21-16(2)20(24)22-17-7-9-18(10-8-17)23-11-13-25-14-12-23/h7-10,15-16,19,21H,3-6,11-14H2,1-2H3,(H,22,24)/t15-,16+,19-/m0/s1. The third-order valence-corrected chi connectivity index (χ3v) is 5.48. The van der Waals surface area contributed by atoms with Crippen LogP contribution in [-0.2, 0) is 9.53 Å². The highest BCUT2D eigenvalue weighted by molar-refractivity contribution is 5.94. The summed E-state index contributed by atoms with van der Waals surface area (Å²) in [6, 6.07) is 8.39. The minimum Gasteiger partial charge on any atom is -0.378 e. The van der Waals surface area contributed by atoms with Crippen molar-refractivity contribution in [1.82, 2.24) is 5.32 Å². The maximum atomic E-state index is 12.5. The van der Waals surface area contributed by atoms with E-state index in [1.165, 1.54) is 31.4 Å². The third-order valence-electron chi connectivity index (χ3n) is 5.48. The zero-order valence-corrected chi connectivity index (χ0v) is 15.5. The second kappa shape index (κ2) is 8.68. The lowest BCUT2D eigenvalue weighted by Crippen LogP contribution is -2.47. The van der Waals surface area contributed by atoms with Crippen LogP contribution in [-0.4, -0.2) is 44.3 Å². The Morgan fingerprint density at radius 3 is 2.52 bits per heavy atom. The minimum atomic E-state index is -0.176. The number of benzene rings is 1. The smallest absolute Gasteiger partial charge is 0.241 e. The van der Waals surface area contributed by atoms with Crippen LogP contribution in [0.1, 0.15) is 39.5 Å². The molecule has 2 N–H and O–H groups in total. The van der Waals surface area contributed by atoms with Gasteiger partial charge in [-0.05, 0) is 49.9 Å².